The lowest BCUT2D eigenvalue weighted by Crippen LogP contribution is -2.15. The lowest BCUT2D eigenvalue weighted by atomic mass is 10.1. The Labute approximate surface area is 218 Å². The molecular formula is C29H18BrF3O4. The lowest BCUT2D eigenvalue weighted by molar-refractivity contribution is -0.154. The molecule has 1 aromatic heterocycles. The van der Waals surface area contributed by atoms with Crippen LogP contribution in [0.1, 0.15) is 11.3 Å². The number of hydrogen-bond acceptors (Lipinski definition) is 4. The van der Waals surface area contributed by atoms with Crippen LogP contribution in [0.5, 0.6) is 17.2 Å². The topological polar surface area (TPSA) is 48.7 Å². The average molecular weight is 567 g/mol. The van der Waals surface area contributed by atoms with Crippen molar-refractivity contribution >= 4 is 26.9 Å². The SMILES string of the molecule is O=c1c(Oc2ccc(-c3ccccc3)cc2)c(C(F)(F)F)oc2cc(OCc3ccc(Br)cc3)ccc12. The van der Waals surface area contributed by atoms with Crippen molar-refractivity contribution < 1.29 is 27.1 Å². The molecule has 4 nitrogen and oxygen atoms in total. The third kappa shape index (κ3) is 5.54. The summed E-state index contributed by atoms with van der Waals surface area (Å²) >= 11 is 3.35. The van der Waals surface area contributed by atoms with E-state index in [-0.39, 0.29) is 29.1 Å². The van der Waals surface area contributed by atoms with Crippen molar-refractivity contribution in [2.24, 2.45) is 0 Å². The molecule has 186 valence electrons. The molecule has 0 amide bonds. The van der Waals surface area contributed by atoms with E-state index in [0.717, 1.165) is 21.2 Å². The first-order valence-corrected chi connectivity index (χ1v) is 12.0. The second kappa shape index (κ2) is 10.1. The van der Waals surface area contributed by atoms with Gasteiger partial charge in [-0.05, 0) is 53.1 Å². The largest absolute Gasteiger partial charge is 0.489 e. The second-order valence-electron chi connectivity index (χ2n) is 8.15. The summed E-state index contributed by atoms with van der Waals surface area (Å²) in [6.45, 7) is 0.190. The second-order valence-corrected chi connectivity index (χ2v) is 9.07. The van der Waals surface area contributed by atoms with Crippen LogP contribution in [0.4, 0.5) is 13.2 Å². The molecular weight excluding hydrogens is 549 g/mol. The van der Waals surface area contributed by atoms with Crippen LogP contribution in [0.15, 0.2) is 111 Å². The van der Waals surface area contributed by atoms with Crippen LogP contribution in [0, 0.1) is 0 Å². The predicted octanol–water partition coefficient (Wildman–Crippen LogP) is 8.61. The molecule has 0 aliphatic heterocycles. The Bertz CT molecular complexity index is 1590. The van der Waals surface area contributed by atoms with Gasteiger partial charge in [0.15, 0.2) is 0 Å². The minimum atomic E-state index is -4.96. The average Bonchev–Trinajstić information content (AvgIpc) is 2.90. The minimum absolute atomic E-state index is 0.0557. The summed E-state index contributed by atoms with van der Waals surface area (Å²) in [4.78, 5) is 13.1. The van der Waals surface area contributed by atoms with E-state index in [2.05, 4.69) is 15.9 Å². The van der Waals surface area contributed by atoms with Gasteiger partial charge in [0.25, 0.3) is 5.76 Å². The molecule has 0 unspecified atom stereocenters. The molecule has 0 spiro atoms. The van der Waals surface area contributed by atoms with E-state index in [1.807, 2.05) is 54.6 Å². The summed E-state index contributed by atoms with van der Waals surface area (Å²) < 4.78 is 58.9. The van der Waals surface area contributed by atoms with Crippen molar-refractivity contribution in [3.05, 3.63) is 123 Å². The van der Waals surface area contributed by atoms with Gasteiger partial charge in [-0.25, -0.2) is 0 Å². The van der Waals surface area contributed by atoms with Gasteiger partial charge < -0.3 is 13.9 Å². The van der Waals surface area contributed by atoms with E-state index in [1.165, 1.54) is 30.3 Å². The molecule has 0 bridgehead atoms. The van der Waals surface area contributed by atoms with Crippen molar-refractivity contribution in [2.75, 3.05) is 0 Å². The lowest BCUT2D eigenvalue weighted by Gasteiger charge is -2.14. The van der Waals surface area contributed by atoms with Crippen molar-refractivity contribution in [2.45, 2.75) is 12.8 Å². The van der Waals surface area contributed by atoms with Crippen LogP contribution in [0.2, 0.25) is 0 Å². The zero-order valence-corrected chi connectivity index (χ0v) is 20.7. The molecule has 37 heavy (non-hydrogen) atoms. The third-order valence-corrected chi connectivity index (χ3v) is 6.11. The monoisotopic (exact) mass is 566 g/mol. The van der Waals surface area contributed by atoms with Gasteiger partial charge in [0, 0.05) is 10.5 Å². The van der Waals surface area contributed by atoms with Crippen LogP contribution in [0.25, 0.3) is 22.1 Å². The molecule has 8 heteroatoms. The Kier molecular flexibility index (Phi) is 6.76. The highest BCUT2D eigenvalue weighted by molar-refractivity contribution is 9.10. The van der Waals surface area contributed by atoms with Crippen molar-refractivity contribution in [1.82, 2.24) is 0 Å². The van der Waals surface area contributed by atoms with Crippen molar-refractivity contribution in [3.8, 4) is 28.4 Å². The summed E-state index contributed by atoms with van der Waals surface area (Å²) in [6, 6.07) is 27.4. The number of benzene rings is 4. The number of halogens is 4. The first-order chi connectivity index (χ1) is 17.8. The molecule has 0 aliphatic carbocycles. The summed E-state index contributed by atoms with van der Waals surface area (Å²) in [5.41, 5.74) is 1.47. The van der Waals surface area contributed by atoms with Crippen LogP contribution in [0.3, 0.4) is 0 Å². The van der Waals surface area contributed by atoms with Gasteiger partial charge in [-0.15, -0.1) is 0 Å². The first-order valence-electron chi connectivity index (χ1n) is 11.2. The number of ether oxygens (including phenoxy) is 2. The highest BCUT2D eigenvalue weighted by atomic mass is 79.9. The minimum Gasteiger partial charge on any atom is -0.489 e. The normalized spacial score (nSPS) is 11.5. The van der Waals surface area contributed by atoms with Crippen LogP contribution in [-0.4, -0.2) is 0 Å². The molecule has 0 saturated carbocycles. The quantitative estimate of drug-likeness (QED) is 0.206. The fourth-order valence-electron chi connectivity index (χ4n) is 3.74. The Morgan fingerprint density at radius 1 is 0.784 bits per heavy atom. The molecule has 0 radical (unpaired) electrons. The van der Waals surface area contributed by atoms with Gasteiger partial charge in [-0.3, -0.25) is 4.79 Å². The Balaban J connectivity index is 1.46. The highest BCUT2D eigenvalue weighted by Gasteiger charge is 2.40. The fraction of sp³-hybridized carbons (Fsp3) is 0.0690. The fourth-order valence-corrected chi connectivity index (χ4v) is 4.00. The van der Waals surface area contributed by atoms with Gasteiger partial charge in [-0.2, -0.15) is 13.2 Å². The summed E-state index contributed by atoms with van der Waals surface area (Å²) in [7, 11) is 0. The maximum absolute atomic E-state index is 13.9. The van der Waals surface area contributed by atoms with Crippen LogP contribution >= 0.6 is 15.9 Å². The standard InChI is InChI=1S/C29H18BrF3O4/c30-21-10-6-18(7-11-21)17-35-23-14-15-24-25(16-23)37-28(29(31,32)33)27(26(24)34)36-22-12-8-20(9-13-22)19-4-2-1-3-5-19/h1-16H,17H2. The van der Waals surface area contributed by atoms with Crippen LogP contribution < -0.4 is 14.9 Å². The van der Waals surface area contributed by atoms with E-state index in [9.17, 15) is 18.0 Å². The van der Waals surface area contributed by atoms with E-state index in [1.54, 1.807) is 12.1 Å². The molecule has 5 aromatic rings. The maximum Gasteiger partial charge on any atom is 0.453 e. The molecule has 1 heterocycles. The van der Waals surface area contributed by atoms with Crippen molar-refractivity contribution in [3.63, 3.8) is 0 Å². The molecule has 0 atom stereocenters. The third-order valence-electron chi connectivity index (χ3n) is 5.58. The zero-order chi connectivity index (χ0) is 26.0. The molecule has 0 fully saturated rings. The molecule has 4 aromatic carbocycles. The zero-order valence-electron chi connectivity index (χ0n) is 19.1. The van der Waals surface area contributed by atoms with E-state index in [4.69, 9.17) is 13.9 Å². The van der Waals surface area contributed by atoms with Crippen LogP contribution in [-0.2, 0) is 12.8 Å². The Morgan fingerprint density at radius 2 is 1.43 bits per heavy atom. The van der Waals surface area contributed by atoms with Gasteiger partial charge in [0.2, 0.25) is 11.2 Å². The number of fused-ring (bicyclic) bond motifs is 1. The van der Waals surface area contributed by atoms with E-state index in [0.29, 0.717) is 0 Å². The van der Waals surface area contributed by atoms with Crippen molar-refractivity contribution in [1.29, 1.82) is 0 Å². The highest BCUT2D eigenvalue weighted by Crippen LogP contribution is 2.39. The maximum atomic E-state index is 13.9. The summed E-state index contributed by atoms with van der Waals surface area (Å²) in [5.74, 6) is -2.10. The van der Waals surface area contributed by atoms with Gasteiger partial charge in [0.1, 0.15) is 23.7 Å². The number of rotatable bonds is 6. The van der Waals surface area contributed by atoms with E-state index >= 15 is 0 Å². The Hall–Kier alpha value is -4.04. The van der Waals surface area contributed by atoms with Gasteiger partial charge in [-0.1, -0.05) is 70.5 Å². The summed E-state index contributed by atoms with van der Waals surface area (Å²) in [5, 5.41) is -0.0557. The Morgan fingerprint density at radius 3 is 2.11 bits per heavy atom. The van der Waals surface area contributed by atoms with E-state index < -0.39 is 23.1 Å². The smallest absolute Gasteiger partial charge is 0.453 e. The number of alkyl halides is 3. The molecule has 0 aliphatic rings. The molecule has 0 N–H and O–H groups in total. The van der Waals surface area contributed by atoms with Gasteiger partial charge in [0.05, 0.1) is 5.39 Å². The predicted molar refractivity (Wildman–Crippen MR) is 138 cm³/mol. The van der Waals surface area contributed by atoms with Gasteiger partial charge >= 0.3 is 6.18 Å². The summed E-state index contributed by atoms with van der Waals surface area (Å²) in [6.07, 6.45) is -4.96. The number of hydrogen-bond donors (Lipinski definition) is 0. The molecule has 5 rings (SSSR count). The first kappa shape index (κ1) is 24.6. The molecule has 0 saturated heterocycles.